The number of carbonyl (C=O) groups is 1. The summed E-state index contributed by atoms with van der Waals surface area (Å²) in [5.74, 6) is 0.873. The van der Waals surface area contributed by atoms with Crippen molar-refractivity contribution in [2.75, 3.05) is 0 Å². The summed E-state index contributed by atoms with van der Waals surface area (Å²) in [5, 5.41) is 6.74. The first-order chi connectivity index (χ1) is 11.6. The maximum Gasteiger partial charge on any atom is 0.251 e. The Morgan fingerprint density at radius 1 is 1.12 bits per heavy atom. The first-order valence-electron chi connectivity index (χ1n) is 7.82. The molecule has 1 heterocycles. The number of hydrogen-bond acceptors (Lipinski definition) is 4. The van der Waals surface area contributed by atoms with Crippen molar-refractivity contribution >= 4 is 5.91 Å². The number of aromatic nitrogens is 2. The number of aryl methyl sites for hydroxylation is 2. The monoisotopic (exact) mass is 321 g/mol. The van der Waals surface area contributed by atoms with E-state index in [4.69, 9.17) is 4.52 Å². The average Bonchev–Trinajstić information content (AvgIpc) is 3.01. The van der Waals surface area contributed by atoms with E-state index in [1.54, 1.807) is 0 Å². The Labute approximate surface area is 140 Å². The SMILES string of the molecule is Cc1ccc(C(=O)NCc2noc(Cc3ccccc3)n2)c(C)c1. The Balaban J connectivity index is 1.60. The molecule has 0 saturated carbocycles. The second kappa shape index (κ2) is 7.08. The Morgan fingerprint density at radius 3 is 2.67 bits per heavy atom. The molecule has 122 valence electrons. The van der Waals surface area contributed by atoms with Gasteiger partial charge in [-0.1, -0.05) is 53.2 Å². The summed E-state index contributed by atoms with van der Waals surface area (Å²) in [6.07, 6.45) is 0.582. The van der Waals surface area contributed by atoms with E-state index in [1.807, 2.05) is 62.4 Å². The summed E-state index contributed by atoms with van der Waals surface area (Å²) < 4.78 is 5.23. The molecule has 0 atom stereocenters. The first kappa shape index (κ1) is 15.9. The van der Waals surface area contributed by atoms with Crippen molar-refractivity contribution in [2.45, 2.75) is 26.8 Å². The summed E-state index contributed by atoms with van der Waals surface area (Å²) in [6.45, 7) is 4.17. The smallest absolute Gasteiger partial charge is 0.251 e. The number of rotatable bonds is 5. The lowest BCUT2D eigenvalue weighted by atomic mass is 10.1. The van der Waals surface area contributed by atoms with E-state index in [2.05, 4.69) is 15.5 Å². The molecule has 0 fully saturated rings. The summed E-state index contributed by atoms with van der Waals surface area (Å²) in [5.41, 5.74) is 3.85. The van der Waals surface area contributed by atoms with Crippen LogP contribution in [0.25, 0.3) is 0 Å². The molecule has 0 bridgehead atoms. The third-order valence-electron chi connectivity index (χ3n) is 3.74. The Kier molecular flexibility index (Phi) is 4.70. The first-order valence-corrected chi connectivity index (χ1v) is 7.82. The minimum Gasteiger partial charge on any atom is -0.345 e. The molecule has 24 heavy (non-hydrogen) atoms. The van der Waals surface area contributed by atoms with Crippen LogP contribution in [0, 0.1) is 13.8 Å². The molecule has 1 N–H and O–H groups in total. The normalized spacial score (nSPS) is 10.6. The number of nitrogens with zero attached hydrogens (tertiary/aromatic N) is 2. The van der Waals surface area contributed by atoms with Crippen LogP contribution in [0.4, 0.5) is 0 Å². The lowest BCUT2D eigenvalue weighted by molar-refractivity contribution is 0.0949. The third-order valence-corrected chi connectivity index (χ3v) is 3.74. The highest BCUT2D eigenvalue weighted by atomic mass is 16.5. The number of hydrogen-bond donors (Lipinski definition) is 1. The van der Waals surface area contributed by atoms with Gasteiger partial charge in [-0.2, -0.15) is 4.98 Å². The standard InChI is InChI=1S/C19H19N3O2/c1-13-8-9-16(14(2)10-13)19(23)20-12-17-21-18(24-22-17)11-15-6-4-3-5-7-15/h3-10H,11-12H2,1-2H3,(H,20,23). The molecule has 2 aromatic carbocycles. The molecule has 3 rings (SSSR count). The minimum atomic E-state index is -0.137. The minimum absolute atomic E-state index is 0.137. The van der Waals surface area contributed by atoms with E-state index in [-0.39, 0.29) is 12.5 Å². The third kappa shape index (κ3) is 3.87. The quantitative estimate of drug-likeness (QED) is 0.783. The van der Waals surface area contributed by atoms with Gasteiger partial charge in [-0.25, -0.2) is 0 Å². The number of nitrogens with one attached hydrogen (secondary N) is 1. The molecule has 1 aromatic heterocycles. The topological polar surface area (TPSA) is 68.0 Å². The van der Waals surface area contributed by atoms with Crippen LogP contribution in [0.15, 0.2) is 53.1 Å². The van der Waals surface area contributed by atoms with Crippen LogP contribution in [0.3, 0.4) is 0 Å². The fourth-order valence-corrected chi connectivity index (χ4v) is 2.53. The molecular formula is C19H19N3O2. The van der Waals surface area contributed by atoms with E-state index in [0.29, 0.717) is 23.7 Å². The zero-order valence-electron chi connectivity index (χ0n) is 13.7. The molecule has 3 aromatic rings. The molecule has 0 spiro atoms. The highest BCUT2D eigenvalue weighted by molar-refractivity contribution is 5.95. The summed E-state index contributed by atoms with van der Waals surface area (Å²) >= 11 is 0. The van der Waals surface area contributed by atoms with Crippen LogP contribution in [0.5, 0.6) is 0 Å². The van der Waals surface area contributed by atoms with Gasteiger partial charge in [0, 0.05) is 5.56 Å². The van der Waals surface area contributed by atoms with Gasteiger partial charge < -0.3 is 9.84 Å². The van der Waals surface area contributed by atoms with Crippen molar-refractivity contribution in [3.8, 4) is 0 Å². The maximum absolute atomic E-state index is 12.3. The van der Waals surface area contributed by atoms with Crippen molar-refractivity contribution in [3.63, 3.8) is 0 Å². The fraction of sp³-hybridized carbons (Fsp3) is 0.211. The number of carbonyl (C=O) groups excluding carboxylic acids is 1. The Bertz CT molecular complexity index is 841. The van der Waals surface area contributed by atoms with Crippen LogP contribution in [-0.2, 0) is 13.0 Å². The predicted molar refractivity (Wildman–Crippen MR) is 90.6 cm³/mol. The highest BCUT2D eigenvalue weighted by Gasteiger charge is 2.11. The van der Waals surface area contributed by atoms with Crippen LogP contribution in [0.1, 0.15) is 38.8 Å². The summed E-state index contributed by atoms with van der Waals surface area (Å²) in [4.78, 5) is 16.6. The molecule has 5 nitrogen and oxygen atoms in total. The van der Waals surface area contributed by atoms with Gasteiger partial charge in [0.15, 0.2) is 5.82 Å². The molecule has 1 amide bonds. The Hall–Kier alpha value is -2.95. The predicted octanol–water partition coefficient (Wildman–Crippen LogP) is 3.21. The van der Waals surface area contributed by atoms with Crippen molar-refractivity contribution in [1.29, 1.82) is 0 Å². The molecular weight excluding hydrogens is 302 g/mol. The van der Waals surface area contributed by atoms with Crippen molar-refractivity contribution in [2.24, 2.45) is 0 Å². The molecule has 0 aliphatic carbocycles. The van der Waals surface area contributed by atoms with Crippen LogP contribution in [-0.4, -0.2) is 16.0 Å². The summed E-state index contributed by atoms with van der Waals surface area (Å²) in [7, 11) is 0. The zero-order valence-corrected chi connectivity index (χ0v) is 13.7. The van der Waals surface area contributed by atoms with Crippen molar-refractivity contribution < 1.29 is 9.32 Å². The van der Waals surface area contributed by atoms with Gasteiger partial charge in [0.2, 0.25) is 5.89 Å². The van der Waals surface area contributed by atoms with Gasteiger partial charge in [-0.15, -0.1) is 0 Å². The van der Waals surface area contributed by atoms with Gasteiger partial charge in [0.25, 0.3) is 5.91 Å². The van der Waals surface area contributed by atoms with Crippen LogP contribution >= 0.6 is 0 Å². The Morgan fingerprint density at radius 2 is 1.92 bits per heavy atom. The van der Waals surface area contributed by atoms with E-state index in [9.17, 15) is 4.79 Å². The van der Waals surface area contributed by atoms with Crippen LogP contribution in [0.2, 0.25) is 0 Å². The number of benzene rings is 2. The average molecular weight is 321 g/mol. The van der Waals surface area contributed by atoms with Gasteiger partial charge in [0.05, 0.1) is 13.0 Å². The second-order valence-electron chi connectivity index (χ2n) is 5.77. The molecule has 0 aliphatic heterocycles. The van der Waals surface area contributed by atoms with E-state index < -0.39 is 0 Å². The van der Waals surface area contributed by atoms with E-state index >= 15 is 0 Å². The van der Waals surface area contributed by atoms with Gasteiger partial charge >= 0.3 is 0 Å². The largest absolute Gasteiger partial charge is 0.345 e. The lowest BCUT2D eigenvalue weighted by Gasteiger charge is -2.06. The summed E-state index contributed by atoms with van der Waals surface area (Å²) in [6, 6.07) is 15.7. The van der Waals surface area contributed by atoms with Gasteiger partial charge in [0.1, 0.15) is 0 Å². The molecule has 0 radical (unpaired) electrons. The second-order valence-corrected chi connectivity index (χ2v) is 5.77. The van der Waals surface area contributed by atoms with Crippen molar-refractivity contribution in [3.05, 3.63) is 82.5 Å². The van der Waals surface area contributed by atoms with Gasteiger partial charge in [-0.05, 0) is 31.0 Å². The fourth-order valence-electron chi connectivity index (χ4n) is 2.53. The maximum atomic E-state index is 12.3. The molecule has 0 unspecified atom stereocenters. The van der Waals surface area contributed by atoms with Crippen molar-refractivity contribution in [1.82, 2.24) is 15.5 Å². The molecule has 0 saturated heterocycles. The number of amides is 1. The zero-order chi connectivity index (χ0) is 16.9. The van der Waals surface area contributed by atoms with E-state index in [1.165, 1.54) is 0 Å². The van der Waals surface area contributed by atoms with Crippen LogP contribution < -0.4 is 5.32 Å². The molecule has 0 aliphatic rings. The molecule has 5 heteroatoms. The van der Waals surface area contributed by atoms with Gasteiger partial charge in [-0.3, -0.25) is 4.79 Å². The lowest BCUT2D eigenvalue weighted by Crippen LogP contribution is -2.24. The van der Waals surface area contributed by atoms with E-state index in [0.717, 1.165) is 16.7 Å². The highest BCUT2D eigenvalue weighted by Crippen LogP contribution is 2.11.